The Balaban J connectivity index is 1.69. The van der Waals surface area contributed by atoms with Crippen LogP contribution in [0.2, 0.25) is 0 Å². The summed E-state index contributed by atoms with van der Waals surface area (Å²) in [5, 5.41) is 0. The summed E-state index contributed by atoms with van der Waals surface area (Å²) in [5.74, 6) is 0.752. The summed E-state index contributed by atoms with van der Waals surface area (Å²) in [5.41, 5.74) is 2.94. The number of ether oxygens (including phenoxy) is 1. The Labute approximate surface area is 168 Å². The van der Waals surface area contributed by atoms with Crippen LogP contribution in [0.5, 0.6) is 5.75 Å². The van der Waals surface area contributed by atoms with Gasteiger partial charge in [-0.25, -0.2) is 13.1 Å². The monoisotopic (exact) mass is 420 g/mol. The van der Waals surface area contributed by atoms with E-state index in [1.165, 1.54) is 6.07 Å². The second kappa shape index (κ2) is 8.46. The van der Waals surface area contributed by atoms with Crippen LogP contribution in [0.1, 0.15) is 24.5 Å². The number of hydrogen-bond donors (Lipinski definition) is 1. The summed E-state index contributed by atoms with van der Waals surface area (Å²) in [4.78, 5) is 12.2. The first-order valence-corrected chi connectivity index (χ1v) is 11.5. The van der Waals surface area contributed by atoms with Gasteiger partial charge in [0.25, 0.3) is 0 Å². The van der Waals surface area contributed by atoms with Gasteiger partial charge in [0, 0.05) is 13.1 Å². The molecular weight excluding hydrogens is 396 g/mol. The predicted octanol–water partition coefficient (Wildman–Crippen LogP) is 3.45. The number of hydrogen-bond acceptors (Lipinski definition) is 5. The number of aryl methyl sites for hydroxylation is 2. The van der Waals surface area contributed by atoms with Crippen molar-refractivity contribution in [2.24, 2.45) is 0 Å². The Morgan fingerprint density at radius 3 is 2.71 bits per heavy atom. The highest BCUT2D eigenvalue weighted by molar-refractivity contribution is 7.89. The molecule has 0 aliphatic carbocycles. The molecule has 2 aromatic carbocycles. The van der Waals surface area contributed by atoms with Gasteiger partial charge in [0.2, 0.25) is 10.0 Å². The maximum absolute atomic E-state index is 12.6. The summed E-state index contributed by atoms with van der Waals surface area (Å²) >= 11 is 1.07. The van der Waals surface area contributed by atoms with Crippen molar-refractivity contribution in [1.29, 1.82) is 0 Å². The molecule has 1 heterocycles. The Morgan fingerprint density at radius 2 is 1.96 bits per heavy atom. The van der Waals surface area contributed by atoms with E-state index in [4.69, 9.17) is 4.74 Å². The minimum atomic E-state index is -3.67. The predicted molar refractivity (Wildman–Crippen MR) is 113 cm³/mol. The molecule has 150 valence electrons. The molecule has 1 aromatic heterocycles. The molecule has 0 aliphatic heterocycles. The fourth-order valence-corrected chi connectivity index (χ4v) is 5.02. The molecule has 8 heteroatoms. The lowest BCUT2D eigenvalue weighted by Crippen LogP contribution is -2.28. The van der Waals surface area contributed by atoms with Crippen LogP contribution < -0.4 is 14.3 Å². The van der Waals surface area contributed by atoms with Crippen LogP contribution in [0, 0.1) is 13.8 Å². The van der Waals surface area contributed by atoms with E-state index in [0.29, 0.717) is 11.2 Å². The Bertz CT molecular complexity index is 1150. The SMILES string of the molecule is CCCn1c(=O)sc2cc(S(=O)(=O)NCCOc3cccc(C)c3C)ccc21. The Morgan fingerprint density at radius 1 is 1.18 bits per heavy atom. The molecule has 0 amide bonds. The molecule has 0 saturated carbocycles. The molecule has 0 fully saturated rings. The fraction of sp³-hybridized carbons (Fsp3) is 0.350. The van der Waals surface area contributed by atoms with Crippen molar-refractivity contribution in [3.8, 4) is 5.75 Å². The third kappa shape index (κ3) is 4.29. The van der Waals surface area contributed by atoms with Crippen LogP contribution in [0.15, 0.2) is 46.1 Å². The smallest absolute Gasteiger partial charge is 0.308 e. The van der Waals surface area contributed by atoms with Gasteiger partial charge in [-0.3, -0.25) is 9.36 Å². The van der Waals surface area contributed by atoms with E-state index in [1.807, 2.05) is 39.0 Å². The molecule has 0 bridgehead atoms. The van der Waals surface area contributed by atoms with Crippen molar-refractivity contribution in [1.82, 2.24) is 9.29 Å². The summed E-state index contributed by atoms with van der Waals surface area (Å²) in [6.07, 6.45) is 0.841. The summed E-state index contributed by atoms with van der Waals surface area (Å²) in [6, 6.07) is 10.6. The number of fused-ring (bicyclic) bond motifs is 1. The van der Waals surface area contributed by atoms with Crippen LogP contribution in [0.4, 0.5) is 0 Å². The van der Waals surface area contributed by atoms with Gasteiger partial charge in [-0.2, -0.15) is 0 Å². The van der Waals surface area contributed by atoms with E-state index >= 15 is 0 Å². The average molecular weight is 421 g/mol. The van der Waals surface area contributed by atoms with Crippen LogP contribution >= 0.6 is 11.3 Å². The van der Waals surface area contributed by atoms with Crippen LogP contribution in [-0.4, -0.2) is 26.1 Å². The van der Waals surface area contributed by atoms with Gasteiger partial charge in [0.05, 0.1) is 15.1 Å². The lowest BCUT2D eigenvalue weighted by atomic mass is 10.1. The molecular formula is C20H24N2O4S2. The zero-order valence-electron chi connectivity index (χ0n) is 16.2. The van der Waals surface area contributed by atoms with Gasteiger partial charge in [-0.15, -0.1) is 0 Å². The number of thiazole rings is 1. The zero-order valence-corrected chi connectivity index (χ0v) is 17.8. The number of benzene rings is 2. The number of sulfonamides is 1. The molecule has 1 N–H and O–H groups in total. The third-order valence-corrected chi connectivity index (χ3v) is 7.00. The van der Waals surface area contributed by atoms with E-state index in [0.717, 1.165) is 40.2 Å². The first kappa shape index (κ1) is 20.6. The molecule has 6 nitrogen and oxygen atoms in total. The molecule has 28 heavy (non-hydrogen) atoms. The van der Waals surface area contributed by atoms with E-state index < -0.39 is 10.0 Å². The first-order valence-electron chi connectivity index (χ1n) is 9.15. The van der Waals surface area contributed by atoms with Crippen molar-refractivity contribution in [2.75, 3.05) is 13.2 Å². The first-order chi connectivity index (χ1) is 13.3. The Kier molecular flexibility index (Phi) is 6.22. The average Bonchev–Trinajstić information content (AvgIpc) is 2.97. The minimum Gasteiger partial charge on any atom is -0.492 e. The van der Waals surface area contributed by atoms with Gasteiger partial charge in [-0.05, 0) is 55.7 Å². The summed E-state index contributed by atoms with van der Waals surface area (Å²) in [7, 11) is -3.67. The lowest BCUT2D eigenvalue weighted by molar-refractivity contribution is 0.320. The number of rotatable bonds is 8. The van der Waals surface area contributed by atoms with E-state index in [2.05, 4.69) is 4.72 Å². The van der Waals surface area contributed by atoms with Crippen molar-refractivity contribution in [3.63, 3.8) is 0 Å². The normalized spacial score (nSPS) is 11.8. The second-order valence-corrected chi connectivity index (χ2v) is 9.35. The van der Waals surface area contributed by atoms with Crippen molar-refractivity contribution in [2.45, 2.75) is 38.6 Å². The summed E-state index contributed by atoms with van der Waals surface area (Å²) in [6.45, 7) is 6.98. The standard InChI is InChI=1S/C20H24N2O4S2/c1-4-11-22-17-9-8-16(13-19(17)27-20(22)23)28(24,25)21-10-12-26-18-7-5-6-14(2)15(18)3/h5-9,13,21H,4,10-12H2,1-3H3. The maximum Gasteiger partial charge on any atom is 0.308 e. The minimum absolute atomic E-state index is 0.0683. The van der Waals surface area contributed by atoms with Gasteiger partial charge in [0.15, 0.2) is 0 Å². The van der Waals surface area contributed by atoms with E-state index in [1.54, 1.807) is 16.7 Å². The second-order valence-electron chi connectivity index (χ2n) is 6.59. The Hall–Kier alpha value is -2.16. The highest BCUT2D eigenvalue weighted by atomic mass is 32.2. The molecule has 0 unspecified atom stereocenters. The highest BCUT2D eigenvalue weighted by Gasteiger charge is 2.16. The van der Waals surface area contributed by atoms with Crippen LogP contribution in [-0.2, 0) is 16.6 Å². The third-order valence-electron chi connectivity index (χ3n) is 4.60. The maximum atomic E-state index is 12.6. The molecule has 3 aromatic rings. The van der Waals surface area contributed by atoms with Gasteiger partial charge >= 0.3 is 4.87 Å². The summed E-state index contributed by atoms with van der Waals surface area (Å²) < 4.78 is 35.8. The van der Waals surface area contributed by atoms with Gasteiger partial charge in [-0.1, -0.05) is 30.4 Å². The van der Waals surface area contributed by atoms with Crippen LogP contribution in [0.25, 0.3) is 10.2 Å². The zero-order chi connectivity index (χ0) is 20.3. The number of nitrogens with zero attached hydrogens (tertiary/aromatic N) is 1. The molecule has 3 rings (SSSR count). The number of aromatic nitrogens is 1. The van der Waals surface area contributed by atoms with Crippen LogP contribution in [0.3, 0.4) is 0 Å². The fourth-order valence-electron chi connectivity index (χ4n) is 2.95. The highest BCUT2D eigenvalue weighted by Crippen LogP contribution is 2.22. The van der Waals surface area contributed by atoms with Crippen molar-refractivity contribution >= 4 is 31.6 Å². The molecule has 0 atom stereocenters. The number of nitrogens with one attached hydrogen (secondary N) is 1. The molecule has 0 spiro atoms. The molecule has 0 saturated heterocycles. The van der Waals surface area contributed by atoms with Crippen molar-refractivity contribution in [3.05, 3.63) is 57.2 Å². The largest absolute Gasteiger partial charge is 0.492 e. The topological polar surface area (TPSA) is 77.4 Å². The van der Waals surface area contributed by atoms with Gasteiger partial charge < -0.3 is 4.74 Å². The van der Waals surface area contributed by atoms with Gasteiger partial charge in [0.1, 0.15) is 12.4 Å². The van der Waals surface area contributed by atoms with E-state index in [-0.39, 0.29) is 22.9 Å². The lowest BCUT2D eigenvalue weighted by Gasteiger charge is -2.12. The van der Waals surface area contributed by atoms with Crippen molar-refractivity contribution < 1.29 is 13.2 Å². The molecule has 0 radical (unpaired) electrons. The molecule has 0 aliphatic rings. The van der Waals surface area contributed by atoms with E-state index in [9.17, 15) is 13.2 Å². The quantitative estimate of drug-likeness (QED) is 0.566.